The van der Waals surface area contributed by atoms with Gasteiger partial charge in [-0.1, -0.05) is 67.6 Å². The second-order valence-electron chi connectivity index (χ2n) is 5.52. The van der Waals surface area contributed by atoms with Gasteiger partial charge < -0.3 is 10.1 Å². The Bertz CT molecular complexity index is 597. The number of nitrogens with one attached hydrogen (secondary N) is 1. The predicted octanol–water partition coefficient (Wildman–Crippen LogP) is 3.08. The highest BCUT2D eigenvalue weighted by Crippen LogP contribution is 2.27. The summed E-state index contributed by atoms with van der Waals surface area (Å²) in [6.07, 6.45) is 0.158. The van der Waals surface area contributed by atoms with E-state index in [0.29, 0.717) is 0 Å². The fourth-order valence-corrected chi connectivity index (χ4v) is 2.69. The molecule has 108 valence electrons. The van der Waals surface area contributed by atoms with Crippen molar-refractivity contribution in [2.45, 2.75) is 25.7 Å². The van der Waals surface area contributed by atoms with Gasteiger partial charge in [-0.25, -0.2) is 0 Å². The minimum Gasteiger partial charge on any atom is -0.340 e. The lowest BCUT2D eigenvalue weighted by Crippen LogP contribution is -2.33. The van der Waals surface area contributed by atoms with Crippen molar-refractivity contribution in [1.82, 2.24) is 5.32 Å². The maximum Gasteiger partial charge on any atom is 0.255 e. The molecule has 3 nitrogen and oxygen atoms in total. The number of carbonyl (C=O) groups is 1. The second-order valence-corrected chi connectivity index (χ2v) is 5.52. The van der Waals surface area contributed by atoms with Gasteiger partial charge in [0.1, 0.15) is 6.23 Å². The van der Waals surface area contributed by atoms with Crippen LogP contribution in [0.3, 0.4) is 0 Å². The van der Waals surface area contributed by atoms with E-state index in [1.807, 2.05) is 48.5 Å². The quantitative estimate of drug-likeness (QED) is 0.935. The van der Waals surface area contributed by atoms with E-state index in [1.165, 1.54) is 5.56 Å². The zero-order valence-corrected chi connectivity index (χ0v) is 12.0. The van der Waals surface area contributed by atoms with Crippen molar-refractivity contribution in [1.29, 1.82) is 0 Å². The molecule has 2 aromatic rings. The minimum atomic E-state index is -0.491. The summed E-state index contributed by atoms with van der Waals surface area (Å²) < 4.78 is 5.93. The topological polar surface area (TPSA) is 38.3 Å². The number of ether oxygens (including phenoxy) is 1. The molecule has 0 aliphatic carbocycles. The number of benzene rings is 2. The van der Waals surface area contributed by atoms with Crippen molar-refractivity contribution < 1.29 is 9.53 Å². The van der Waals surface area contributed by atoms with E-state index in [1.54, 1.807) is 0 Å². The number of hydrogen-bond acceptors (Lipinski definition) is 2. The highest BCUT2D eigenvalue weighted by Gasteiger charge is 2.36. The summed E-state index contributed by atoms with van der Waals surface area (Å²) in [5.41, 5.74) is 2.16. The van der Waals surface area contributed by atoms with Crippen LogP contribution in [0.2, 0.25) is 0 Å². The number of hydrogen-bond donors (Lipinski definition) is 1. The lowest BCUT2D eigenvalue weighted by molar-refractivity contribution is -0.124. The van der Waals surface area contributed by atoms with E-state index in [4.69, 9.17) is 4.74 Å². The smallest absolute Gasteiger partial charge is 0.255 e. The first-order chi connectivity index (χ1) is 10.2. The largest absolute Gasteiger partial charge is 0.340 e. The van der Waals surface area contributed by atoms with Gasteiger partial charge in [-0.3, -0.25) is 4.79 Å². The highest BCUT2D eigenvalue weighted by atomic mass is 16.5. The average Bonchev–Trinajstić information content (AvgIpc) is 2.91. The molecule has 1 heterocycles. The summed E-state index contributed by atoms with van der Waals surface area (Å²) >= 11 is 0. The van der Waals surface area contributed by atoms with E-state index in [0.717, 1.165) is 12.0 Å². The normalized spacial score (nSPS) is 22.8. The van der Waals surface area contributed by atoms with Gasteiger partial charge in [0.05, 0.1) is 0 Å². The van der Waals surface area contributed by atoms with Crippen molar-refractivity contribution in [2.24, 2.45) is 5.92 Å². The van der Waals surface area contributed by atoms with Crippen molar-refractivity contribution in [3.05, 3.63) is 71.8 Å². The van der Waals surface area contributed by atoms with E-state index in [2.05, 4.69) is 24.4 Å². The Morgan fingerprint density at radius 3 is 2.33 bits per heavy atom. The van der Waals surface area contributed by atoms with Gasteiger partial charge in [-0.05, 0) is 17.5 Å². The summed E-state index contributed by atoms with van der Waals surface area (Å²) in [5.74, 6) is 0.177. The lowest BCUT2D eigenvalue weighted by Gasteiger charge is -2.19. The van der Waals surface area contributed by atoms with E-state index >= 15 is 0 Å². The molecule has 1 amide bonds. The molecule has 1 N–H and O–H groups in total. The summed E-state index contributed by atoms with van der Waals surface area (Å²) in [5, 5.41) is 2.96. The number of carbonyl (C=O) groups excluding carboxylic acids is 1. The van der Waals surface area contributed by atoms with Gasteiger partial charge in [0, 0.05) is 5.92 Å². The molecule has 0 saturated carbocycles. The zero-order chi connectivity index (χ0) is 14.7. The monoisotopic (exact) mass is 281 g/mol. The van der Waals surface area contributed by atoms with Crippen LogP contribution in [0.5, 0.6) is 0 Å². The summed E-state index contributed by atoms with van der Waals surface area (Å²) in [4.78, 5) is 12.1. The van der Waals surface area contributed by atoms with Crippen molar-refractivity contribution in [3.63, 3.8) is 0 Å². The Kier molecular flexibility index (Phi) is 4.02. The second kappa shape index (κ2) is 6.10. The molecule has 3 unspecified atom stereocenters. The van der Waals surface area contributed by atoms with E-state index in [9.17, 15) is 4.79 Å². The van der Waals surface area contributed by atoms with Gasteiger partial charge in [-0.2, -0.15) is 0 Å². The molecule has 0 bridgehead atoms. The third-order valence-corrected chi connectivity index (χ3v) is 3.82. The number of amides is 1. The maximum absolute atomic E-state index is 12.1. The molecule has 3 heteroatoms. The Hall–Kier alpha value is -2.13. The first-order valence-electron chi connectivity index (χ1n) is 7.29. The molecule has 3 atom stereocenters. The fraction of sp³-hybridized carbons (Fsp3) is 0.278. The van der Waals surface area contributed by atoms with E-state index in [-0.39, 0.29) is 18.1 Å². The fourth-order valence-electron chi connectivity index (χ4n) is 2.69. The van der Waals surface area contributed by atoms with Crippen LogP contribution in [0.15, 0.2) is 60.7 Å². The van der Waals surface area contributed by atoms with E-state index < -0.39 is 6.10 Å². The van der Waals surface area contributed by atoms with Gasteiger partial charge >= 0.3 is 0 Å². The average molecular weight is 281 g/mol. The molecule has 1 saturated heterocycles. The third-order valence-electron chi connectivity index (χ3n) is 3.82. The lowest BCUT2D eigenvalue weighted by atomic mass is 10.00. The maximum atomic E-state index is 12.1. The Morgan fingerprint density at radius 2 is 1.67 bits per heavy atom. The zero-order valence-electron chi connectivity index (χ0n) is 12.0. The van der Waals surface area contributed by atoms with Crippen molar-refractivity contribution in [2.75, 3.05) is 0 Å². The molecule has 3 rings (SSSR count). The number of rotatable bonds is 4. The molecule has 2 aromatic carbocycles. The van der Waals surface area contributed by atoms with Gasteiger partial charge in [-0.15, -0.1) is 0 Å². The van der Waals surface area contributed by atoms with Crippen LogP contribution in [-0.4, -0.2) is 12.1 Å². The Balaban J connectivity index is 1.67. The summed E-state index contributed by atoms with van der Waals surface area (Å²) in [6, 6.07) is 19.9. The first-order valence-corrected chi connectivity index (χ1v) is 7.29. The standard InChI is InChI=1S/C18H19NO2/c1-13(12-14-8-4-2-5-9-14)18-19-17(20)16(21-18)15-10-6-3-7-11-15/h2-11,13,16,18H,12H2,1H3,(H,19,20). The van der Waals surface area contributed by atoms with Crippen LogP contribution in [0, 0.1) is 5.92 Å². The molecule has 0 radical (unpaired) electrons. The van der Waals surface area contributed by atoms with Gasteiger partial charge in [0.15, 0.2) is 6.10 Å². The molecule has 0 spiro atoms. The van der Waals surface area contributed by atoms with Gasteiger partial charge in [0.2, 0.25) is 0 Å². The molecular weight excluding hydrogens is 262 g/mol. The molecular formula is C18H19NO2. The molecule has 1 fully saturated rings. The van der Waals surface area contributed by atoms with Crippen LogP contribution in [-0.2, 0) is 16.0 Å². The molecule has 21 heavy (non-hydrogen) atoms. The molecule has 1 aliphatic heterocycles. The predicted molar refractivity (Wildman–Crippen MR) is 81.5 cm³/mol. The van der Waals surface area contributed by atoms with Crippen LogP contribution in [0.4, 0.5) is 0 Å². The van der Waals surface area contributed by atoms with Crippen molar-refractivity contribution >= 4 is 5.91 Å². The molecule has 1 aliphatic rings. The van der Waals surface area contributed by atoms with Crippen LogP contribution in [0.1, 0.15) is 24.2 Å². The minimum absolute atomic E-state index is 0.0499. The third kappa shape index (κ3) is 3.14. The van der Waals surface area contributed by atoms with Crippen LogP contribution >= 0.6 is 0 Å². The summed E-state index contributed by atoms with van der Waals surface area (Å²) in [6.45, 7) is 2.10. The summed E-state index contributed by atoms with van der Waals surface area (Å²) in [7, 11) is 0. The molecule has 0 aromatic heterocycles. The van der Waals surface area contributed by atoms with Crippen molar-refractivity contribution in [3.8, 4) is 0 Å². The first kappa shape index (κ1) is 13.8. The van der Waals surface area contributed by atoms with Crippen LogP contribution < -0.4 is 5.32 Å². The Morgan fingerprint density at radius 1 is 1.05 bits per heavy atom. The highest BCUT2D eigenvalue weighted by molar-refractivity contribution is 5.83. The van der Waals surface area contributed by atoms with Crippen LogP contribution in [0.25, 0.3) is 0 Å². The van der Waals surface area contributed by atoms with Gasteiger partial charge in [0.25, 0.3) is 5.91 Å². The Labute approximate surface area is 124 Å². The SMILES string of the molecule is CC(Cc1ccccc1)C1NC(=O)C(c2ccccc2)O1.